The summed E-state index contributed by atoms with van der Waals surface area (Å²) in [7, 11) is 0. The van der Waals surface area contributed by atoms with Gasteiger partial charge in [-0.15, -0.1) is 11.3 Å². The molecule has 2 rings (SSSR count). The molecule has 1 atom stereocenters. The number of thiophene rings is 1. The molecule has 2 heterocycles. The van der Waals surface area contributed by atoms with Crippen LogP contribution in [0, 0.1) is 6.92 Å². The van der Waals surface area contributed by atoms with Crippen LogP contribution in [-0.2, 0) is 4.74 Å². The fourth-order valence-electron chi connectivity index (χ4n) is 2.16. The lowest BCUT2D eigenvalue weighted by atomic mass is 9.99. The van der Waals surface area contributed by atoms with Gasteiger partial charge in [-0.25, -0.2) is 0 Å². The van der Waals surface area contributed by atoms with Gasteiger partial charge in [0.25, 0.3) is 0 Å². The molecule has 0 fully saturated rings. The van der Waals surface area contributed by atoms with Gasteiger partial charge in [0.2, 0.25) is 0 Å². The summed E-state index contributed by atoms with van der Waals surface area (Å²) in [4.78, 5) is 1.44. The van der Waals surface area contributed by atoms with E-state index >= 15 is 0 Å². The van der Waals surface area contributed by atoms with Gasteiger partial charge in [-0.2, -0.15) is 0 Å². The molecule has 3 heteroatoms. The maximum atomic E-state index is 5.48. The highest BCUT2D eigenvalue weighted by atomic mass is 32.1. The molecule has 94 valence electrons. The highest BCUT2D eigenvalue weighted by Gasteiger charge is 2.20. The van der Waals surface area contributed by atoms with E-state index in [1.807, 2.05) is 17.6 Å². The quantitative estimate of drug-likeness (QED) is 0.859. The first kappa shape index (κ1) is 12.7. The number of rotatable bonds is 5. The van der Waals surface area contributed by atoms with E-state index in [2.05, 4.69) is 30.6 Å². The van der Waals surface area contributed by atoms with E-state index in [1.165, 1.54) is 16.0 Å². The van der Waals surface area contributed by atoms with Gasteiger partial charge in [0.05, 0.1) is 18.9 Å². The second kappa shape index (κ2) is 6.22. The van der Waals surface area contributed by atoms with E-state index in [9.17, 15) is 0 Å². The minimum Gasteiger partial charge on any atom is -0.501 e. The lowest BCUT2D eigenvalue weighted by Gasteiger charge is -2.24. The summed E-state index contributed by atoms with van der Waals surface area (Å²) in [6.45, 7) is 6.32. The van der Waals surface area contributed by atoms with Gasteiger partial charge >= 0.3 is 0 Å². The highest BCUT2D eigenvalue weighted by molar-refractivity contribution is 7.10. The van der Waals surface area contributed by atoms with Crippen molar-refractivity contribution in [1.29, 1.82) is 0 Å². The lowest BCUT2D eigenvalue weighted by Crippen LogP contribution is -2.25. The van der Waals surface area contributed by atoms with Gasteiger partial charge in [-0.1, -0.05) is 6.92 Å². The third kappa shape index (κ3) is 3.11. The van der Waals surface area contributed by atoms with Crippen LogP contribution >= 0.6 is 11.3 Å². The number of aryl methyl sites for hydroxylation is 1. The van der Waals surface area contributed by atoms with Crippen molar-refractivity contribution in [2.45, 2.75) is 39.2 Å². The molecular formula is C14H21NOS. The topological polar surface area (TPSA) is 21.3 Å². The van der Waals surface area contributed by atoms with Gasteiger partial charge in [0.15, 0.2) is 0 Å². The monoisotopic (exact) mass is 251 g/mol. The summed E-state index contributed by atoms with van der Waals surface area (Å²) in [5.41, 5.74) is 2.78. The average Bonchev–Trinajstić information content (AvgIpc) is 2.78. The van der Waals surface area contributed by atoms with Crippen LogP contribution in [0.15, 0.2) is 23.3 Å². The summed E-state index contributed by atoms with van der Waals surface area (Å²) in [6.07, 6.45) is 5.42. The maximum absolute atomic E-state index is 5.48. The molecule has 1 aromatic heterocycles. The SMILES string of the molecule is CCCNC(C1=COCCC1)c1sccc1C. The van der Waals surface area contributed by atoms with E-state index in [4.69, 9.17) is 4.74 Å². The third-order valence-electron chi connectivity index (χ3n) is 3.10. The number of hydrogen-bond acceptors (Lipinski definition) is 3. The van der Waals surface area contributed by atoms with Crippen LogP contribution in [0.5, 0.6) is 0 Å². The van der Waals surface area contributed by atoms with E-state index in [1.54, 1.807) is 0 Å². The van der Waals surface area contributed by atoms with Crippen molar-refractivity contribution in [3.63, 3.8) is 0 Å². The van der Waals surface area contributed by atoms with Crippen molar-refractivity contribution >= 4 is 11.3 Å². The molecule has 2 nitrogen and oxygen atoms in total. The van der Waals surface area contributed by atoms with E-state index < -0.39 is 0 Å². The molecule has 17 heavy (non-hydrogen) atoms. The Morgan fingerprint density at radius 2 is 2.41 bits per heavy atom. The molecule has 0 saturated heterocycles. The van der Waals surface area contributed by atoms with Crippen LogP contribution in [0.3, 0.4) is 0 Å². The average molecular weight is 251 g/mol. The third-order valence-corrected chi connectivity index (χ3v) is 4.18. The van der Waals surface area contributed by atoms with E-state index in [0.717, 1.165) is 32.4 Å². The molecule has 1 N–H and O–H groups in total. The molecule has 0 spiro atoms. The largest absolute Gasteiger partial charge is 0.501 e. The summed E-state index contributed by atoms with van der Waals surface area (Å²) in [6, 6.07) is 2.56. The minimum atomic E-state index is 0.357. The first-order valence-corrected chi connectivity index (χ1v) is 7.28. The van der Waals surface area contributed by atoms with Crippen LogP contribution in [0.2, 0.25) is 0 Å². The summed E-state index contributed by atoms with van der Waals surface area (Å²) < 4.78 is 5.48. The molecule has 0 aliphatic carbocycles. The standard InChI is InChI=1S/C14H21NOS/c1-3-7-15-13(12-5-4-8-16-10-12)14-11(2)6-9-17-14/h6,9-10,13,15H,3-5,7-8H2,1-2H3. The number of ether oxygens (including phenoxy) is 1. The summed E-state index contributed by atoms with van der Waals surface area (Å²) in [5, 5.41) is 5.82. The summed E-state index contributed by atoms with van der Waals surface area (Å²) in [5.74, 6) is 0. The van der Waals surface area contributed by atoms with Crippen LogP contribution in [0.1, 0.15) is 42.7 Å². The Labute approximate surface area is 108 Å². The minimum absolute atomic E-state index is 0.357. The van der Waals surface area contributed by atoms with Crippen molar-refractivity contribution in [3.8, 4) is 0 Å². The normalized spacial score (nSPS) is 17.4. The van der Waals surface area contributed by atoms with Gasteiger partial charge in [-0.05, 0) is 55.3 Å². The maximum Gasteiger partial charge on any atom is 0.0876 e. The highest BCUT2D eigenvalue weighted by Crippen LogP contribution is 2.32. The van der Waals surface area contributed by atoms with Gasteiger partial charge < -0.3 is 10.1 Å². The Morgan fingerprint density at radius 1 is 1.53 bits per heavy atom. The zero-order chi connectivity index (χ0) is 12.1. The van der Waals surface area contributed by atoms with Gasteiger partial charge in [0.1, 0.15) is 0 Å². The van der Waals surface area contributed by atoms with Crippen LogP contribution < -0.4 is 5.32 Å². The molecule has 0 saturated carbocycles. The molecule has 1 unspecified atom stereocenters. The predicted octanol–water partition coefficient (Wildman–Crippen LogP) is 3.79. The molecule has 0 bridgehead atoms. The van der Waals surface area contributed by atoms with Gasteiger partial charge in [0, 0.05) is 4.88 Å². The number of hydrogen-bond donors (Lipinski definition) is 1. The van der Waals surface area contributed by atoms with Crippen molar-refractivity contribution in [2.24, 2.45) is 0 Å². The zero-order valence-electron chi connectivity index (χ0n) is 10.7. The Hall–Kier alpha value is -0.800. The lowest BCUT2D eigenvalue weighted by molar-refractivity contribution is 0.219. The van der Waals surface area contributed by atoms with E-state index in [0.29, 0.717) is 6.04 Å². The van der Waals surface area contributed by atoms with Crippen molar-refractivity contribution in [1.82, 2.24) is 5.32 Å². The first-order valence-electron chi connectivity index (χ1n) is 6.41. The van der Waals surface area contributed by atoms with Crippen molar-refractivity contribution in [2.75, 3.05) is 13.2 Å². The Bertz CT molecular complexity index is 383. The van der Waals surface area contributed by atoms with Gasteiger partial charge in [-0.3, -0.25) is 0 Å². The van der Waals surface area contributed by atoms with Crippen molar-refractivity contribution < 1.29 is 4.74 Å². The van der Waals surface area contributed by atoms with E-state index in [-0.39, 0.29) is 0 Å². The molecule has 1 aliphatic rings. The second-order valence-corrected chi connectivity index (χ2v) is 5.47. The molecule has 0 radical (unpaired) electrons. The fourth-order valence-corrected chi connectivity index (χ4v) is 3.20. The second-order valence-electron chi connectivity index (χ2n) is 4.52. The van der Waals surface area contributed by atoms with Crippen LogP contribution in [-0.4, -0.2) is 13.2 Å². The number of nitrogens with one attached hydrogen (secondary N) is 1. The predicted molar refractivity (Wildman–Crippen MR) is 73.4 cm³/mol. The molecule has 0 aromatic carbocycles. The van der Waals surface area contributed by atoms with Crippen molar-refractivity contribution in [3.05, 3.63) is 33.7 Å². The Kier molecular flexibility index (Phi) is 4.63. The Balaban J connectivity index is 2.18. The van der Waals surface area contributed by atoms with Crippen LogP contribution in [0.25, 0.3) is 0 Å². The van der Waals surface area contributed by atoms with Crippen LogP contribution in [0.4, 0.5) is 0 Å². The first-order chi connectivity index (χ1) is 8.33. The molecule has 1 aromatic rings. The molecule has 1 aliphatic heterocycles. The molecular weight excluding hydrogens is 230 g/mol. The summed E-state index contributed by atoms with van der Waals surface area (Å²) >= 11 is 1.84. The molecule has 0 amide bonds. The smallest absolute Gasteiger partial charge is 0.0876 e. The Morgan fingerprint density at radius 3 is 3.00 bits per heavy atom. The fraction of sp³-hybridized carbons (Fsp3) is 0.571. The zero-order valence-corrected chi connectivity index (χ0v) is 11.5.